The van der Waals surface area contributed by atoms with E-state index in [-0.39, 0.29) is 27.5 Å². The molecule has 0 spiro atoms. The lowest BCUT2D eigenvalue weighted by molar-refractivity contribution is -0.182. The fraction of sp³-hybridized carbons (Fsp3) is 0.480. The Balaban J connectivity index is 1.49. The van der Waals surface area contributed by atoms with Crippen molar-refractivity contribution >= 4 is 40.1 Å². The lowest BCUT2D eigenvalue weighted by Crippen LogP contribution is -2.50. The van der Waals surface area contributed by atoms with Crippen LogP contribution in [-0.2, 0) is 20.9 Å². The number of nitrogens with zero attached hydrogens (tertiary/aromatic N) is 3. The number of anilines is 1. The largest absolute Gasteiger partial charge is 0.402 e. The summed E-state index contributed by atoms with van der Waals surface area (Å²) in [5, 5.41) is 10.5. The molecule has 0 bridgehead atoms. The van der Waals surface area contributed by atoms with Crippen LogP contribution in [0.15, 0.2) is 24.3 Å². The number of hydrogen-bond acceptors (Lipinski definition) is 7. The number of hydrogen-bond donors (Lipinski definition) is 3. The normalized spacial score (nSPS) is 18.3. The standard InChI is InChI=1S/C25H29F3N6O4S/c1-13(2)20(35)32-24-30-14(3)19(39-24)22(37)29-11-17(25(26,27)28)21(36)31-18-16-8-5-4-7-15(16)12-33-9-6-10-34(33)23(18)38/h4-5,7-8,13,17-18H,6,9-12H2,1-3H3,(H,29,37)(H,31,36)(H,30,32,35)/t17?,18-/m0/s1. The van der Waals surface area contributed by atoms with Crippen LogP contribution in [0.2, 0.25) is 0 Å². The van der Waals surface area contributed by atoms with Gasteiger partial charge in [-0.05, 0) is 24.5 Å². The topological polar surface area (TPSA) is 124 Å². The molecule has 4 amide bonds. The Bertz CT molecular complexity index is 1280. The summed E-state index contributed by atoms with van der Waals surface area (Å²) in [6.07, 6.45) is -4.28. The van der Waals surface area contributed by atoms with Gasteiger partial charge in [-0.3, -0.25) is 24.2 Å². The number of benzene rings is 1. The number of aromatic nitrogens is 1. The maximum absolute atomic E-state index is 14.0. The third-order valence-electron chi connectivity index (χ3n) is 6.57. The van der Waals surface area contributed by atoms with Gasteiger partial charge in [-0.15, -0.1) is 0 Å². The number of nitrogens with one attached hydrogen (secondary N) is 3. The predicted octanol–water partition coefficient (Wildman–Crippen LogP) is 2.77. The van der Waals surface area contributed by atoms with Crippen LogP contribution in [0.3, 0.4) is 0 Å². The minimum absolute atomic E-state index is 0.0115. The average molecular weight is 567 g/mol. The molecular formula is C25H29F3N6O4S. The molecule has 1 fully saturated rings. The highest BCUT2D eigenvalue weighted by molar-refractivity contribution is 7.17. The maximum atomic E-state index is 14.0. The molecule has 0 saturated carbocycles. The Morgan fingerprint density at radius 3 is 2.56 bits per heavy atom. The summed E-state index contributed by atoms with van der Waals surface area (Å²) in [6, 6.07) is 5.53. The van der Waals surface area contributed by atoms with Crippen molar-refractivity contribution in [2.24, 2.45) is 11.8 Å². The lowest BCUT2D eigenvalue weighted by atomic mass is 9.98. The SMILES string of the molecule is Cc1nc(NC(=O)C(C)C)sc1C(=O)NCC(C(=O)N[C@@H]1C(=O)N2CCCN2Cc2ccccc21)C(F)(F)F. The fourth-order valence-electron chi connectivity index (χ4n) is 4.44. The molecule has 39 heavy (non-hydrogen) atoms. The van der Waals surface area contributed by atoms with E-state index < -0.39 is 42.4 Å². The number of carbonyl (C=O) groups is 4. The first-order valence-electron chi connectivity index (χ1n) is 12.4. The van der Waals surface area contributed by atoms with Gasteiger partial charge in [0.2, 0.25) is 11.8 Å². The number of hydrazine groups is 1. The van der Waals surface area contributed by atoms with Crippen molar-refractivity contribution in [3.8, 4) is 0 Å². The summed E-state index contributed by atoms with van der Waals surface area (Å²) in [5.74, 6) is -6.05. The molecule has 2 atom stereocenters. The van der Waals surface area contributed by atoms with E-state index in [2.05, 4.69) is 20.9 Å². The Hall–Kier alpha value is -3.52. The summed E-state index contributed by atoms with van der Waals surface area (Å²) in [5.41, 5.74) is 1.39. The fourth-order valence-corrected chi connectivity index (χ4v) is 5.33. The summed E-state index contributed by atoms with van der Waals surface area (Å²) >= 11 is 0.821. The number of thiazole rings is 1. The highest BCUT2D eigenvalue weighted by Gasteiger charge is 2.47. The third kappa shape index (κ3) is 6.22. The first-order valence-corrected chi connectivity index (χ1v) is 13.3. The van der Waals surface area contributed by atoms with Crippen molar-refractivity contribution in [1.29, 1.82) is 0 Å². The highest BCUT2D eigenvalue weighted by Crippen LogP contribution is 2.32. The first kappa shape index (κ1) is 28.5. The molecule has 10 nitrogen and oxygen atoms in total. The summed E-state index contributed by atoms with van der Waals surface area (Å²) < 4.78 is 42.0. The van der Waals surface area contributed by atoms with Crippen molar-refractivity contribution in [2.75, 3.05) is 25.0 Å². The Morgan fingerprint density at radius 1 is 1.15 bits per heavy atom. The molecule has 210 valence electrons. The molecule has 0 radical (unpaired) electrons. The summed E-state index contributed by atoms with van der Waals surface area (Å²) in [7, 11) is 0. The van der Waals surface area contributed by atoms with Gasteiger partial charge < -0.3 is 16.0 Å². The molecule has 3 N–H and O–H groups in total. The zero-order valence-corrected chi connectivity index (χ0v) is 22.4. The van der Waals surface area contributed by atoms with Gasteiger partial charge in [0.1, 0.15) is 10.9 Å². The van der Waals surface area contributed by atoms with Crippen molar-refractivity contribution in [3.63, 3.8) is 0 Å². The Kier molecular flexibility index (Phi) is 8.25. The number of carbonyl (C=O) groups excluding carboxylic acids is 4. The number of rotatable bonds is 7. The summed E-state index contributed by atoms with van der Waals surface area (Å²) in [6.45, 7) is 5.23. The maximum Gasteiger partial charge on any atom is 0.402 e. The van der Waals surface area contributed by atoms with Crippen LogP contribution >= 0.6 is 11.3 Å². The minimum atomic E-state index is -5.00. The first-order chi connectivity index (χ1) is 18.4. The van der Waals surface area contributed by atoms with Crippen molar-refractivity contribution in [1.82, 2.24) is 25.6 Å². The smallest absolute Gasteiger partial charge is 0.350 e. The Labute approximate surface area is 226 Å². The second-order valence-electron chi connectivity index (χ2n) is 9.73. The molecule has 2 aromatic rings. The molecule has 4 rings (SSSR count). The quantitative estimate of drug-likeness (QED) is 0.474. The Morgan fingerprint density at radius 2 is 1.87 bits per heavy atom. The number of halogens is 3. The van der Waals surface area contributed by atoms with E-state index in [1.165, 1.54) is 11.9 Å². The molecule has 14 heteroatoms. The van der Waals surface area contributed by atoms with Gasteiger partial charge in [-0.1, -0.05) is 49.4 Å². The average Bonchev–Trinajstić information content (AvgIpc) is 3.45. The van der Waals surface area contributed by atoms with Gasteiger partial charge in [-0.25, -0.2) is 9.99 Å². The molecule has 0 aliphatic carbocycles. The zero-order valence-electron chi connectivity index (χ0n) is 21.6. The third-order valence-corrected chi connectivity index (χ3v) is 7.64. The number of amides is 4. The van der Waals surface area contributed by atoms with Crippen LogP contribution in [0.5, 0.6) is 0 Å². The van der Waals surface area contributed by atoms with Gasteiger partial charge in [-0.2, -0.15) is 13.2 Å². The zero-order chi connectivity index (χ0) is 28.5. The highest BCUT2D eigenvalue weighted by atomic mass is 32.1. The van der Waals surface area contributed by atoms with Crippen molar-refractivity contribution < 1.29 is 32.3 Å². The van der Waals surface area contributed by atoms with E-state index in [0.717, 1.165) is 16.9 Å². The van der Waals surface area contributed by atoms with Crippen LogP contribution < -0.4 is 16.0 Å². The van der Waals surface area contributed by atoms with E-state index in [1.54, 1.807) is 38.1 Å². The number of alkyl halides is 3. The van der Waals surface area contributed by atoms with Crippen LogP contribution in [0.4, 0.5) is 18.3 Å². The second-order valence-corrected chi connectivity index (χ2v) is 10.7. The van der Waals surface area contributed by atoms with Crippen LogP contribution in [0, 0.1) is 18.8 Å². The van der Waals surface area contributed by atoms with E-state index in [9.17, 15) is 32.3 Å². The van der Waals surface area contributed by atoms with E-state index in [0.29, 0.717) is 31.6 Å². The van der Waals surface area contributed by atoms with Gasteiger partial charge >= 0.3 is 6.18 Å². The molecule has 1 aromatic heterocycles. The molecule has 1 unspecified atom stereocenters. The van der Waals surface area contributed by atoms with E-state index in [4.69, 9.17) is 0 Å². The monoisotopic (exact) mass is 566 g/mol. The van der Waals surface area contributed by atoms with Gasteiger partial charge in [0.15, 0.2) is 11.0 Å². The van der Waals surface area contributed by atoms with Crippen LogP contribution in [0.25, 0.3) is 0 Å². The minimum Gasteiger partial charge on any atom is -0.350 e. The van der Waals surface area contributed by atoms with Gasteiger partial charge in [0.05, 0.1) is 5.69 Å². The summed E-state index contributed by atoms with van der Waals surface area (Å²) in [4.78, 5) is 55.0. The van der Waals surface area contributed by atoms with Gasteiger partial charge in [0, 0.05) is 32.1 Å². The predicted molar refractivity (Wildman–Crippen MR) is 136 cm³/mol. The van der Waals surface area contributed by atoms with Crippen molar-refractivity contribution in [3.05, 3.63) is 46.0 Å². The molecular weight excluding hydrogens is 537 g/mol. The molecule has 2 aliphatic rings. The molecule has 2 aliphatic heterocycles. The van der Waals surface area contributed by atoms with E-state index >= 15 is 0 Å². The van der Waals surface area contributed by atoms with Gasteiger partial charge in [0.25, 0.3) is 11.8 Å². The number of aryl methyl sites for hydroxylation is 1. The van der Waals surface area contributed by atoms with Crippen LogP contribution in [0.1, 0.15) is 52.8 Å². The molecule has 1 saturated heterocycles. The number of fused-ring (bicyclic) bond motifs is 2. The van der Waals surface area contributed by atoms with E-state index in [1.807, 2.05) is 5.01 Å². The lowest BCUT2D eigenvalue weighted by Gasteiger charge is -2.28. The molecule has 1 aromatic carbocycles. The van der Waals surface area contributed by atoms with Crippen LogP contribution in [-0.4, -0.2) is 64.4 Å². The van der Waals surface area contributed by atoms with Crippen molar-refractivity contribution in [2.45, 2.75) is 46.0 Å². The molecule has 3 heterocycles. The second kappa shape index (κ2) is 11.3.